The molecule has 0 bridgehead atoms. The molecule has 0 amide bonds. The highest BCUT2D eigenvalue weighted by molar-refractivity contribution is 5.88. The minimum absolute atomic E-state index is 0.840. The van der Waals surface area contributed by atoms with Crippen molar-refractivity contribution in [2.75, 3.05) is 12.4 Å². The van der Waals surface area contributed by atoms with Crippen LogP contribution >= 0.6 is 0 Å². The van der Waals surface area contributed by atoms with Gasteiger partial charge in [0, 0.05) is 25.0 Å². The van der Waals surface area contributed by atoms with Crippen molar-refractivity contribution < 1.29 is 0 Å². The molecular weight excluding hydrogens is 248 g/mol. The highest BCUT2D eigenvalue weighted by Crippen LogP contribution is 2.35. The van der Waals surface area contributed by atoms with E-state index >= 15 is 0 Å². The molecular formula is C16H16N4. The number of anilines is 1. The van der Waals surface area contributed by atoms with E-state index in [0.29, 0.717) is 0 Å². The fourth-order valence-electron chi connectivity index (χ4n) is 2.33. The zero-order chi connectivity index (χ0) is 13.9. The molecule has 0 spiro atoms. The van der Waals surface area contributed by atoms with Crippen molar-refractivity contribution in [1.29, 1.82) is 0 Å². The maximum atomic E-state index is 4.36. The van der Waals surface area contributed by atoms with Gasteiger partial charge in [-0.2, -0.15) is 5.10 Å². The lowest BCUT2D eigenvalue weighted by atomic mass is 10.0. The van der Waals surface area contributed by atoms with Crippen molar-refractivity contribution in [3.8, 4) is 22.4 Å². The Balaban J connectivity index is 2.20. The fourth-order valence-corrected chi connectivity index (χ4v) is 2.33. The zero-order valence-corrected chi connectivity index (χ0v) is 11.5. The predicted octanol–water partition coefficient (Wildman–Crippen LogP) is 3.49. The number of hydrogen-bond acceptors (Lipinski definition) is 3. The van der Waals surface area contributed by atoms with Crippen LogP contribution in [0.15, 0.2) is 48.8 Å². The number of aryl methyl sites for hydroxylation is 1. The first-order valence-electron chi connectivity index (χ1n) is 6.53. The maximum Gasteiger partial charge on any atom is 0.156 e. The van der Waals surface area contributed by atoms with Crippen LogP contribution in [0, 0.1) is 6.92 Å². The summed E-state index contributed by atoms with van der Waals surface area (Å²) in [6.07, 6.45) is 3.59. The first kappa shape index (κ1) is 12.4. The van der Waals surface area contributed by atoms with Crippen LogP contribution in [0.1, 0.15) is 5.56 Å². The van der Waals surface area contributed by atoms with E-state index < -0.39 is 0 Å². The number of hydrogen-bond donors (Lipinski definition) is 2. The van der Waals surface area contributed by atoms with Crippen LogP contribution in [0.3, 0.4) is 0 Å². The molecule has 0 aliphatic heterocycles. The number of benzene rings is 1. The second-order valence-electron chi connectivity index (χ2n) is 4.68. The van der Waals surface area contributed by atoms with Gasteiger partial charge < -0.3 is 5.32 Å². The summed E-state index contributed by atoms with van der Waals surface area (Å²) in [7, 11) is 1.88. The summed E-state index contributed by atoms with van der Waals surface area (Å²) in [6.45, 7) is 2.09. The van der Waals surface area contributed by atoms with Gasteiger partial charge in [-0.1, -0.05) is 23.8 Å². The number of pyridine rings is 1. The summed E-state index contributed by atoms with van der Waals surface area (Å²) in [5, 5.41) is 10.6. The molecule has 2 aromatic heterocycles. The van der Waals surface area contributed by atoms with E-state index in [0.717, 1.165) is 28.2 Å². The third-order valence-electron chi connectivity index (χ3n) is 3.28. The molecule has 1 aromatic carbocycles. The average molecular weight is 264 g/mol. The summed E-state index contributed by atoms with van der Waals surface area (Å²) in [4.78, 5) is 4.08. The second-order valence-corrected chi connectivity index (χ2v) is 4.68. The smallest absolute Gasteiger partial charge is 0.156 e. The number of nitrogens with zero attached hydrogens (tertiary/aromatic N) is 2. The van der Waals surface area contributed by atoms with Crippen LogP contribution < -0.4 is 5.32 Å². The molecule has 20 heavy (non-hydrogen) atoms. The summed E-state index contributed by atoms with van der Waals surface area (Å²) in [5.41, 5.74) is 5.54. The number of H-pyrrole nitrogens is 1. The molecule has 0 aliphatic rings. The summed E-state index contributed by atoms with van der Waals surface area (Å²) in [6, 6.07) is 12.4. The molecule has 4 nitrogen and oxygen atoms in total. The van der Waals surface area contributed by atoms with Crippen molar-refractivity contribution in [3.63, 3.8) is 0 Å². The lowest BCUT2D eigenvalue weighted by molar-refractivity contribution is 1.09. The van der Waals surface area contributed by atoms with Crippen molar-refractivity contribution in [2.45, 2.75) is 6.92 Å². The van der Waals surface area contributed by atoms with Crippen molar-refractivity contribution in [3.05, 3.63) is 54.4 Å². The van der Waals surface area contributed by atoms with Crippen molar-refractivity contribution in [1.82, 2.24) is 15.2 Å². The Morgan fingerprint density at radius 1 is 1.05 bits per heavy atom. The van der Waals surface area contributed by atoms with Gasteiger partial charge in [0.25, 0.3) is 0 Å². The number of aromatic amines is 1. The molecule has 0 unspecified atom stereocenters. The second kappa shape index (κ2) is 5.17. The van der Waals surface area contributed by atoms with E-state index in [1.807, 2.05) is 19.2 Å². The SMILES string of the molecule is CNc1n[nH]c(-c2cccc(C)c2)c1-c1ccncc1. The maximum absolute atomic E-state index is 4.36. The zero-order valence-electron chi connectivity index (χ0n) is 11.5. The Bertz CT molecular complexity index is 716. The molecule has 0 fully saturated rings. The van der Waals surface area contributed by atoms with E-state index in [4.69, 9.17) is 0 Å². The van der Waals surface area contributed by atoms with Gasteiger partial charge in [0.2, 0.25) is 0 Å². The van der Waals surface area contributed by atoms with Crippen LogP contribution in [0.2, 0.25) is 0 Å². The minimum atomic E-state index is 0.840. The van der Waals surface area contributed by atoms with E-state index in [-0.39, 0.29) is 0 Å². The summed E-state index contributed by atoms with van der Waals surface area (Å²) in [5.74, 6) is 0.840. The monoisotopic (exact) mass is 264 g/mol. The van der Waals surface area contributed by atoms with E-state index in [9.17, 15) is 0 Å². The van der Waals surface area contributed by atoms with E-state index in [1.165, 1.54) is 5.56 Å². The quantitative estimate of drug-likeness (QED) is 0.761. The molecule has 4 heteroatoms. The third kappa shape index (κ3) is 2.16. The van der Waals surface area contributed by atoms with Crippen LogP contribution in [0.25, 0.3) is 22.4 Å². The van der Waals surface area contributed by atoms with Gasteiger partial charge in [0.05, 0.1) is 11.3 Å². The van der Waals surface area contributed by atoms with Gasteiger partial charge in [0.15, 0.2) is 5.82 Å². The predicted molar refractivity (Wildman–Crippen MR) is 81.5 cm³/mol. The molecule has 0 aliphatic carbocycles. The fraction of sp³-hybridized carbons (Fsp3) is 0.125. The standard InChI is InChI=1S/C16H16N4/c1-11-4-3-5-13(10-11)15-14(16(17-2)20-19-15)12-6-8-18-9-7-12/h3-10H,1-2H3,(H2,17,19,20). The van der Waals surface area contributed by atoms with Crippen LogP contribution in [-0.2, 0) is 0 Å². The lowest BCUT2D eigenvalue weighted by Gasteiger charge is -2.06. The molecule has 0 atom stereocenters. The highest BCUT2D eigenvalue weighted by atomic mass is 15.2. The van der Waals surface area contributed by atoms with Crippen LogP contribution in [-0.4, -0.2) is 22.2 Å². The Morgan fingerprint density at radius 2 is 1.85 bits per heavy atom. The first-order valence-corrected chi connectivity index (χ1v) is 6.53. The summed E-state index contributed by atoms with van der Waals surface area (Å²) >= 11 is 0. The van der Waals surface area contributed by atoms with Gasteiger partial charge in [0.1, 0.15) is 0 Å². The van der Waals surface area contributed by atoms with Crippen LogP contribution in [0.4, 0.5) is 5.82 Å². The molecule has 2 heterocycles. The topological polar surface area (TPSA) is 53.6 Å². The van der Waals surface area contributed by atoms with E-state index in [1.54, 1.807) is 12.4 Å². The van der Waals surface area contributed by atoms with Gasteiger partial charge >= 0.3 is 0 Å². The molecule has 100 valence electrons. The van der Waals surface area contributed by atoms with Crippen molar-refractivity contribution in [2.24, 2.45) is 0 Å². The lowest BCUT2D eigenvalue weighted by Crippen LogP contribution is -1.91. The molecule has 0 saturated heterocycles. The number of rotatable bonds is 3. The number of aromatic nitrogens is 3. The minimum Gasteiger partial charge on any atom is -0.371 e. The third-order valence-corrected chi connectivity index (χ3v) is 3.28. The first-order chi connectivity index (χ1) is 9.79. The summed E-state index contributed by atoms with van der Waals surface area (Å²) < 4.78 is 0. The molecule has 0 radical (unpaired) electrons. The van der Waals surface area contributed by atoms with E-state index in [2.05, 4.69) is 51.7 Å². The number of nitrogens with one attached hydrogen (secondary N) is 2. The van der Waals surface area contributed by atoms with Crippen molar-refractivity contribution >= 4 is 5.82 Å². The normalized spacial score (nSPS) is 10.5. The molecule has 0 saturated carbocycles. The highest BCUT2D eigenvalue weighted by Gasteiger charge is 2.15. The largest absolute Gasteiger partial charge is 0.371 e. The Hall–Kier alpha value is -2.62. The van der Waals surface area contributed by atoms with Gasteiger partial charge in [-0.25, -0.2) is 0 Å². The molecule has 2 N–H and O–H groups in total. The Kier molecular flexibility index (Phi) is 3.21. The molecule has 3 rings (SSSR count). The van der Waals surface area contributed by atoms with Gasteiger partial charge in [-0.3, -0.25) is 10.1 Å². The average Bonchev–Trinajstić information content (AvgIpc) is 2.92. The van der Waals surface area contributed by atoms with Gasteiger partial charge in [-0.05, 0) is 30.7 Å². The Morgan fingerprint density at radius 3 is 2.55 bits per heavy atom. The van der Waals surface area contributed by atoms with Crippen LogP contribution in [0.5, 0.6) is 0 Å². The van der Waals surface area contributed by atoms with Gasteiger partial charge in [-0.15, -0.1) is 0 Å². The molecule has 3 aromatic rings. The Labute approximate surface area is 117 Å².